The van der Waals surface area contributed by atoms with E-state index in [-0.39, 0.29) is 5.56 Å². The van der Waals surface area contributed by atoms with Crippen LogP contribution in [0.5, 0.6) is 11.5 Å². The molecule has 0 N–H and O–H groups in total. The third-order valence-electron chi connectivity index (χ3n) is 7.88. The molecule has 0 atom stereocenters. The fourth-order valence-corrected chi connectivity index (χ4v) is 6.26. The number of aryl methyl sites for hydroxylation is 1. The van der Waals surface area contributed by atoms with Crippen LogP contribution in [0.2, 0.25) is 0 Å². The van der Waals surface area contributed by atoms with E-state index >= 15 is 0 Å². The number of benzene rings is 2. The van der Waals surface area contributed by atoms with Crippen molar-refractivity contribution < 1.29 is 9.47 Å². The number of ether oxygens (including phenoxy) is 2. The molecule has 2 aromatic carbocycles. The first-order chi connectivity index (χ1) is 17.9. The van der Waals surface area contributed by atoms with Crippen LogP contribution >= 0.6 is 11.3 Å². The highest BCUT2D eigenvalue weighted by atomic mass is 32.1. The molecule has 37 heavy (non-hydrogen) atoms. The number of rotatable bonds is 9. The molecule has 1 fully saturated rings. The molecule has 194 valence electrons. The normalized spacial score (nSPS) is 15.4. The fourth-order valence-electron chi connectivity index (χ4n) is 5.21. The lowest BCUT2D eigenvalue weighted by Gasteiger charge is -2.26. The van der Waals surface area contributed by atoms with Crippen LogP contribution in [0.15, 0.2) is 59.7 Å². The molecule has 3 heterocycles. The molecule has 0 saturated carbocycles. The van der Waals surface area contributed by atoms with E-state index in [1.807, 2.05) is 24.3 Å². The van der Waals surface area contributed by atoms with E-state index in [4.69, 9.17) is 9.47 Å². The second kappa shape index (κ2) is 10.7. The number of thiophene rings is 1. The summed E-state index contributed by atoms with van der Waals surface area (Å²) >= 11 is 1.47. The Hall–Kier alpha value is -3.16. The maximum atomic E-state index is 13.4. The summed E-state index contributed by atoms with van der Waals surface area (Å²) in [7, 11) is 1.63. The number of nitrogens with zero attached hydrogens (tertiary/aromatic N) is 3. The summed E-state index contributed by atoms with van der Waals surface area (Å²) in [5.74, 6) is 1.29. The molecule has 5 rings (SSSR count). The fraction of sp³-hybridized carbons (Fsp3) is 0.400. The van der Waals surface area contributed by atoms with Gasteiger partial charge in [0.1, 0.15) is 17.6 Å². The average Bonchev–Trinajstić information content (AvgIpc) is 3.55. The average molecular weight is 518 g/mol. The number of likely N-dealkylation sites (tertiary alicyclic amines) is 1. The standard InChI is InChI=1S/C30H35N3O3S/c1-5-30(6-2)13-14-32(19-30)15-16-36-25-12-11-23(17-26(25)35-4)33-20-31-24-18-27(37-28(24)29(33)34)22-9-7-21(3)8-10-22/h7-12,17-18,20H,5-6,13-16,19H2,1-4H3. The van der Waals surface area contributed by atoms with Crippen LogP contribution in [-0.2, 0) is 0 Å². The van der Waals surface area contributed by atoms with Gasteiger partial charge in [-0.05, 0) is 61.9 Å². The van der Waals surface area contributed by atoms with Crippen LogP contribution in [0.4, 0.5) is 0 Å². The number of aromatic nitrogens is 2. The van der Waals surface area contributed by atoms with Gasteiger partial charge in [-0.15, -0.1) is 11.3 Å². The van der Waals surface area contributed by atoms with Crippen molar-refractivity contribution in [3.8, 4) is 27.6 Å². The Kier molecular flexibility index (Phi) is 7.36. The van der Waals surface area contributed by atoms with Gasteiger partial charge in [0.25, 0.3) is 5.56 Å². The summed E-state index contributed by atoms with van der Waals surface area (Å²) in [6, 6.07) is 15.9. The summed E-state index contributed by atoms with van der Waals surface area (Å²) < 4.78 is 13.9. The predicted octanol–water partition coefficient (Wildman–Crippen LogP) is 6.32. The summed E-state index contributed by atoms with van der Waals surface area (Å²) in [5, 5.41) is 0. The molecule has 2 aromatic heterocycles. The van der Waals surface area contributed by atoms with Crippen molar-refractivity contribution in [3.05, 3.63) is 70.8 Å². The topological polar surface area (TPSA) is 56.6 Å². The number of hydrogen-bond donors (Lipinski definition) is 0. The van der Waals surface area contributed by atoms with E-state index in [2.05, 4.69) is 54.9 Å². The molecule has 4 aromatic rings. The summed E-state index contributed by atoms with van der Waals surface area (Å²) in [6.45, 7) is 10.4. The van der Waals surface area contributed by atoms with Crippen LogP contribution < -0.4 is 15.0 Å². The quantitative estimate of drug-likeness (QED) is 0.260. The van der Waals surface area contributed by atoms with E-state index in [9.17, 15) is 4.79 Å². The van der Waals surface area contributed by atoms with E-state index < -0.39 is 0 Å². The Morgan fingerprint density at radius 3 is 2.54 bits per heavy atom. The predicted molar refractivity (Wildman–Crippen MR) is 152 cm³/mol. The summed E-state index contributed by atoms with van der Waals surface area (Å²) in [6.07, 6.45) is 5.32. The van der Waals surface area contributed by atoms with Gasteiger partial charge >= 0.3 is 0 Å². The van der Waals surface area contributed by atoms with E-state index in [1.165, 1.54) is 36.2 Å². The maximum Gasteiger partial charge on any atom is 0.275 e. The lowest BCUT2D eigenvalue weighted by atomic mass is 9.82. The van der Waals surface area contributed by atoms with Crippen molar-refractivity contribution in [1.29, 1.82) is 0 Å². The molecule has 1 saturated heterocycles. The minimum absolute atomic E-state index is 0.0894. The summed E-state index contributed by atoms with van der Waals surface area (Å²) in [4.78, 5) is 21.5. The van der Waals surface area contributed by atoms with Gasteiger partial charge in [-0.3, -0.25) is 14.3 Å². The van der Waals surface area contributed by atoms with Gasteiger partial charge < -0.3 is 9.47 Å². The molecule has 7 heteroatoms. The minimum atomic E-state index is -0.0894. The molecule has 0 amide bonds. The van der Waals surface area contributed by atoms with Crippen molar-refractivity contribution in [2.75, 3.05) is 33.4 Å². The van der Waals surface area contributed by atoms with Crippen LogP contribution in [0, 0.1) is 12.3 Å². The van der Waals surface area contributed by atoms with E-state index in [0.717, 1.165) is 30.1 Å². The van der Waals surface area contributed by atoms with Gasteiger partial charge in [-0.25, -0.2) is 4.98 Å². The third kappa shape index (κ3) is 5.15. The van der Waals surface area contributed by atoms with Crippen molar-refractivity contribution in [2.45, 2.75) is 40.0 Å². The first-order valence-corrected chi connectivity index (χ1v) is 13.9. The molecule has 0 spiro atoms. The lowest BCUT2D eigenvalue weighted by molar-refractivity contribution is 0.201. The smallest absolute Gasteiger partial charge is 0.275 e. The monoisotopic (exact) mass is 517 g/mol. The third-order valence-corrected chi connectivity index (χ3v) is 9.04. The lowest BCUT2D eigenvalue weighted by Crippen LogP contribution is -2.29. The first kappa shape index (κ1) is 25.5. The molecular weight excluding hydrogens is 482 g/mol. The van der Waals surface area contributed by atoms with Gasteiger partial charge in [0.2, 0.25) is 0 Å². The van der Waals surface area contributed by atoms with Crippen LogP contribution in [0.3, 0.4) is 0 Å². The highest BCUT2D eigenvalue weighted by Gasteiger charge is 2.34. The Bertz CT molecular complexity index is 1440. The van der Waals surface area contributed by atoms with Crippen molar-refractivity contribution in [1.82, 2.24) is 14.5 Å². The largest absolute Gasteiger partial charge is 0.493 e. The zero-order valence-corrected chi connectivity index (χ0v) is 22.9. The Morgan fingerprint density at radius 2 is 1.84 bits per heavy atom. The van der Waals surface area contributed by atoms with Crippen LogP contribution in [0.25, 0.3) is 26.3 Å². The summed E-state index contributed by atoms with van der Waals surface area (Å²) in [5.41, 5.74) is 4.08. The van der Waals surface area contributed by atoms with Crippen molar-refractivity contribution in [2.24, 2.45) is 5.41 Å². The molecule has 0 unspecified atom stereocenters. The first-order valence-electron chi connectivity index (χ1n) is 13.1. The molecule has 0 radical (unpaired) electrons. The van der Waals surface area contributed by atoms with Crippen LogP contribution in [0.1, 0.15) is 38.7 Å². The highest BCUT2D eigenvalue weighted by Crippen LogP contribution is 2.37. The van der Waals surface area contributed by atoms with Gasteiger partial charge in [-0.1, -0.05) is 43.7 Å². The number of hydrogen-bond acceptors (Lipinski definition) is 6. The number of fused-ring (bicyclic) bond motifs is 1. The Balaban J connectivity index is 1.33. The van der Waals surface area contributed by atoms with E-state index in [1.54, 1.807) is 18.0 Å². The Morgan fingerprint density at radius 1 is 1.05 bits per heavy atom. The van der Waals surface area contributed by atoms with Gasteiger partial charge in [0.05, 0.1) is 18.3 Å². The SMILES string of the molecule is CCC1(CC)CCN(CCOc2ccc(-n3cnc4cc(-c5ccc(C)cc5)sc4c3=O)cc2OC)C1. The molecule has 1 aliphatic rings. The highest BCUT2D eigenvalue weighted by molar-refractivity contribution is 7.22. The van der Waals surface area contributed by atoms with Crippen molar-refractivity contribution in [3.63, 3.8) is 0 Å². The van der Waals surface area contributed by atoms with Gasteiger partial charge in [0.15, 0.2) is 11.5 Å². The maximum absolute atomic E-state index is 13.4. The molecule has 1 aliphatic heterocycles. The molecular formula is C30H35N3O3S. The van der Waals surface area contributed by atoms with Gasteiger partial charge in [0, 0.05) is 24.0 Å². The van der Waals surface area contributed by atoms with Crippen molar-refractivity contribution >= 4 is 21.6 Å². The van der Waals surface area contributed by atoms with E-state index in [0.29, 0.717) is 39.4 Å². The Labute approximate surface area is 222 Å². The molecule has 6 nitrogen and oxygen atoms in total. The molecule has 0 bridgehead atoms. The minimum Gasteiger partial charge on any atom is -0.493 e. The second-order valence-corrected chi connectivity index (χ2v) is 11.1. The zero-order chi connectivity index (χ0) is 26.0. The zero-order valence-electron chi connectivity index (χ0n) is 22.1. The second-order valence-electron chi connectivity index (χ2n) is 10.0. The van der Waals surface area contributed by atoms with Crippen LogP contribution in [-0.4, -0.2) is 47.8 Å². The molecule has 0 aliphatic carbocycles. The number of methoxy groups -OCH3 is 1. The van der Waals surface area contributed by atoms with Gasteiger partial charge in [-0.2, -0.15) is 0 Å².